The van der Waals surface area contributed by atoms with Crippen LogP contribution in [0.4, 0.5) is 0 Å². The minimum atomic E-state index is -0.786. The highest BCUT2D eigenvalue weighted by atomic mass is 16.6. The summed E-state index contributed by atoms with van der Waals surface area (Å²) < 4.78 is 10.4. The number of rotatable bonds is 2. The highest BCUT2D eigenvalue weighted by Crippen LogP contribution is 2.30. The number of carbonyl (C=O) groups excluding carboxylic acids is 2. The van der Waals surface area contributed by atoms with E-state index in [4.69, 9.17) is 14.5 Å². The monoisotopic (exact) mass is 325 g/mol. The normalized spacial score (nSPS) is 20.3. The van der Waals surface area contributed by atoms with Gasteiger partial charge >= 0.3 is 11.9 Å². The lowest BCUT2D eigenvalue weighted by Crippen LogP contribution is -2.24. The van der Waals surface area contributed by atoms with Crippen molar-refractivity contribution in [3.63, 3.8) is 0 Å². The van der Waals surface area contributed by atoms with Crippen molar-refractivity contribution in [1.82, 2.24) is 4.98 Å². The van der Waals surface area contributed by atoms with Crippen LogP contribution in [-0.2, 0) is 27.1 Å². The minimum absolute atomic E-state index is 0.311. The number of hydrogen-bond acceptors (Lipinski definition) is 5. The molecule has 1 saturated heterocycles. The summed E-state index contributed by atoms with van der Waals surface area (Å²) in [5, 5.41) is 0.800. The molecule has 2 aliphatic rings. The summed E-state index contributed by atoms with van der Waals surface area (Å²) in [7, 11) is 0. The zero-order valence-electron chi connectivity index (χ0n) is 13.4. The molecule has 2 aromatic rings. The Morgan fingerprint density at radius 2 is 2.00 bits per heavy atom. The van der Waals surface area contributed by atoms with E-state index in [0.29, 0.717) is 18.6 Å². The molecule has 1 atom stereocenters. The van der Waals surface area contributed by atoms with Crippen molar-refractivity contribution in [1.29, 1.82) is 0 Å². The summed E-state index contributed by atoms with van der Waals surface area (Å²) in [5.74, 6) is -0.886. The molecule has 4 rings (SSSR count). The van der Waals surface area contributed by atoms with Gasteiger partial charge in [0.25, 0.3) is 0 Å². The Labute approximate surface area is 140 Å². The van der Waals surface area contributed by atoms with Gasteiger partial charge in [0.1, 0.15) is 0 Å². The Bertz CT molecular complexity index is 814. The second kappa shape index (κ2) is 6.23. The molecule has 1 fully saturated rings. The summed E-state index contributed by atoms with van der Waals surface area (Å²) in [6.45, 7) is 0.311. The quantitative estimate of drug-likeness (QED) is 0.627. The van der Waals surface area contributed by atoms with Gasteiger partial charge in [-0.2, -0.15) is 0 Å². The maximum absolute atomic E-state index is 12.9. The Balaban J connectivity index is 1.81. The smallest absolute Gasteiger partial charge is 0.347 e. The van der Waals surface area contributed by atoms with Crippen molar-refractivity contribution in [2.45, 2.75) is 44.6 Å². The number of aromatic nitrogens is 1. The topological polar surface area (TPSA) is 65.5 Å². The van der Waals surface area contributed by atoms with E-state index in [1.165, 1.54) is 0 Å². The lowest BCUT2D eigenvalue weighted by atomic mass is 9.97. The summed E-state index contributed by atoms with van der Waals surface area (Å²) >= 11 is 0. The van der Waals surface area contributed by atoms with E-state index < -0.39 is 18.0 Å². The van der Waals surface area contributed by atoms with Crippen LogP contribution >= 0.6 is 0 Å². The zero-order valence-corrected chi connectivity index (χ0v) is 13.4. The fourth-order valence-corrected chi connectivity index (χ4v) is 3.56. The van der Waals surface area contributed by atoms with Gasteiger partial charge in [0.15, 0.2) is 0 Å². The van der Waals surface area contributed by atoms with E-state index in [0.717, 1.165) is 54.3 Å². The summed E-state index contributed by atoms with van der Waals surface area (Å²) in [6, 6.07) is 7.63. The van der Waals surface area contributed by atoms with E-state index in [1.807, 2.05) is 24.3 Å². The minimum Gasteiger partial charge on any atom is -0.463 e. The number of ether oxygens (including phenoxy) is 2. The number of esters is 2. The van der Waals surface area contributed by atoms with Gasteiger partial charge in [-0.3, -0.25) is 4.98 Å². The summed E-state index contributed by atoms with van der Waals surface area (Å²) in [4.78, 5) is 29.3. The molecule has 1 aromatic carbocycles. The lowest BCUT2D eigenvalue weighted by Gasteiger charge is -2.16. The van der Waals surface area contributed by atoms with Crippen LogP contribution < -0.4 is 0 Å². The first-order chi connectivity index (χ1) is 11.7. The summed E-state index contributed by atoms with van der Waals surface area (Å²) in [5.41, 5.74) is 3.37. The second-order valence-corrected chi connectivity index (χ2v) is 6.34. The number of para-hydroxylation sites is 1. The van der Waals surface area contributed by atoms with E-state index >= 15 is 0 Å². The number of aryl methyl sites for hydroxylation is 1. The first-order valence-corrected chi connectivity index (χ1v) is 8.52. The largest absolute Gasteiger partial charge is 0.463 e. The van der Waals surface area contributed by atoms with Crippen LogP contribution in [0.15, 0.2) is 24.3 Å². The molecular formula is C19H19NO4. The van der Waals surface area contributed by atoms with Gasteiger partial charge in [-0.05, 0) is 37.3 Å². The van der Waals surface area contributed by atoms with Gasteiger partial charge in [0, 0.05) is 17.5 Å². The molecule has 24 heavy (non-hydrogen) atoms. The molecule has 0 amide bonds. The third kappa shape index (κ3) is 2.64. The Morgan fingerprint density at radius 3 is 2.83 bits per heavy atom. The maximum atomic E-state index is 12.9. The van der Waals surface area contributed by atoms with Crippen LogP contribution in [0.3, 0.4) is 0 Å². The molecule has 1 unspecified atom stereocenters. The fourth-order valence-electron chi connectivity index (χ4n) is 3.56. The summed E-state index contributed by atoms with van der Waals surface area (Å²) in [6.07, 6.45) is 4.61. The molecule has 5 heteroatoms. The van der Waals surface area contributed by atoms with Gasteiger partial charge in [-0.25, -0.2) is 9.59 Å². The second-order valence-electron chi connectivity index (χ2n) is 6.34. The standard InChI is InChI=1S/C19H19NO4/c21-18-16(10-11-23-18)24-19(22)17-12-6-2-1-3-8-14(12)20-15-9-5-4-7-13(15)17/h4-5,7,9,16H,1-3,6,8,10-11H2. The first-order valence-electron chi connectivity index (χ1n) is 8.52. The SMILES string of the molecule is O=C(OC1CCOC1=O)c1c2c(nc3ccccc13)CCCCC2. The van der Waals surface area contributed by atoms with Crippen LogP contribution in [0.5, 0.6) is 0 Å². The third-order valence-electron chi connectivity index (χ3n) is 4.76. The van der Waals surface area contributed by atoms with Crippen LogP contribution in [0.2, 0.25) is 0 Å². The number of benzene rings is 1. The lowest BCUT2D eigenvalue weighted by molar-refractivity contribution is -0.145. The van der Waals surface area contributed by atoms with E-state index in [2.05, 4.69) is 0 Å². The third-order valence-corrected chi connectivity index (χ3v) is 4.76. The molecule has 1 aliphatic carbocycles. The number of nitrogens with zero attached hydrogens (tertiary/aromatic N) is 1. The van der Waals surface area contributed by atoms with Crippen molar-refractivity contribution in [3.05, 3.63) is 41.1 Å². The highest BCUT2D eigenvalue weighted by Gasteiger charge is 2.32. The van der Waals surface area contributed by atoms with E-state index in [9.17, 15) is 9.59 Å². The van der Waals surface area contributed by atoms with Crippen molar-refractivity contribution in [2.24, 2.45) is 0 Å². The molecule has 0 radical (unpaired) electrons. The molecular weight excluding hydrogens is 306 g/mol. The van der Waals surface area contributed by atoms with Crippen LogP contribution in [-0.4, -0.2) is 29.6 Å². The Hall–Kier alpha value is -2.43. The number of cyclic esters (lactones) is 1. The van der Waals surface area contributed by atoms with Crippen LogP contribution in [0.1, 0.15) is 47.3 Å². The van der Waals surface area contributed by atoms with E-state index in [-0.39, 0.29) is 0 Å². The predicted octanol–water partition coefficient (Wildman–Crippen LogP) is 2.98. The van der Waals surface area contributed by atoms with Gasteiger partial charge in [0.05, 0.1) is 17.7 Å². The molecule has 1 aliphatic heterocycles. The average Bonchev–Trinajstić information content (AvgIpc) is 2.84. The van der Waals surface area contributed by atoms with Crippen molar-refractivity contribution in [2.75, 3.05) is 6.61 Å². The molecule has 0 bridgehead atoms. The van der Waals surface area contributed by atoms with Crippen molar-refractivity contribution in [3.8, 4) is 0 Å². The first kappa shape index (κ1) is 15.1. The number of carbonyl (C=O) groups is 2. The van der Waals surface area contributed by atoms with Gasteiger partial charge in [-0.15, -0.1) is 0 Å². The zero-order chi connectivity index (χ0) is 16.5. The molecule has 2 heterocycles. The molecule has 0 N–H and O–H groups in total. The van der Waals surface area contributed by atoms with Gasteiger partial charge in [0.2, 0.25) is 6.10 Å². The molecule has 1 aromatic heterocycles. The average molecular weight is 325 g/mol. The number of pyridine rings is 1. The van der Waals surface area contributed by atoms with Crippen molar-refractivity contribution < 1.29 is 19.1 Å². The van der Waals surface area contributed by atoms with E-state index in [1.54, 1.807) is 0 Å². The molecule has 124 valence electrons. The Kier molecular flexibility index (Phi) is 3.92. The predicted molar refractivity (Wildman–Crippen MR) is 87.8 cm³/mol. The Morgan fingerprint density at radius 1 is 1.17 bits per heavy atom. The highest BCUT2D eigenvalue weighted by molar-refractivity contribution is 6.05. The van der Waals surface area contributed by atoms with Crippen molar-refractivity contribution >= 4 is 22.8 Å². The number of fused-ring (bicyclic) bond motifs is 2. The fraction of sp³-hybridized carbons (Fsp3) is 0.421. The van der Waals surface area contributed by atoms with Crippen LogP contribution in [0.25, 0.3) is 10.9 Å². The molecule has 5 nitrogen and oxygen atoms in total. The van der Waals surface area contributed by atoms with Gasteiger partial charge < -0.3 is 9.47 Å². The maximum Gasteiger partial charge on any atom is 0.347 e. The molecule has 0 spiro atoms. The number of hydrogen-bond donors (Lipinski definition) is 0. The molecule has 0 saturated carbocycles. The van der Waals surface area contributed by atoms with Gasteiger partial charge in [-0.1, -0.05) is 24.6 Å². The van der Waals surface area contributed by atoms with Crippen LogP contribution in [0, 0.1) is 0 Å².